The molecule has 0 saturated carbocycles. The van der Waals surface area contributed by atoms with Crippen molar-refractivity contribution in [3.8, 4) is 5.75 Å². The van der Waals surface area contributed by atoms with Crippen molar-refractivity contribution in [3.05, 3.63) is 99.8 Å². The first kappa shape index (κ1) is 24.1. The molecule has 1 N–H and O–H groups in total. The van der Waals surface area contributed by atoms with Gasteiger partial charge in [0.05, 0.1) is 23.6 Å². The van der Waals surface area contributed by atoms with Crippen molar-refractivity contribution in [2.24, 2.45) is 0 Å². The molecule has 0 atom stereocenters. The zero-order valence-electron chi connectivity index (χ0n) is 19.1. The Morgan fingerprint density at radius 2 is 1.71 bits per heavy atom. The Kier molecular flexibility index (Phi) is 6.63. The van der Waals surface area contributed by atoms with Crippen molar-refractivity contribution in [2.45, 2.75) is 33.9 Å². The van der Waals surface area contributed by atoms with E-state index in [4.69, 9.17) is 9.15 Å². The van der Waals surface area contributed by atoms with E-state index in [0.29, 0.717) is 17.9 Å². The zero-order valence-corrected chi connectivity index (χ0v) is 19.1. The Morgan fingerprint density at radius 3 is 2.40 bits per heavy atom. The minimum atomic E-state index is -1.66. The van der Waals surface area contributed by atoms with E-state index in [-0.39, 0.29) is 17.6 Å². The maximum Gasteiger partial charge on any atom is 0.291 e. The van der Waals surface area contributed by atoms with Crippen LogP contribution in [0.25, 0.3) is 0 Å². The third kappa shape index (κ3) is 4.91. The number of carbonyl (C=O) groups is 1. The monoisotopic (exact) mass is 487 g/mol. The molecule has 0 unspecified atom stereocenters. The summed E-state index contributed by atoms with van der Waals surface area (Å²) in [5.41, 5.74) is 4.10. The number of ether oxygens (including phenoxy) is 1. The zero-order chi connectivity index (χ0) is 25.3. The van der Waals surface area contributed by atoms with Gasteiger partial charge < -0.3 is 14.5 Å². The van der Waals surface area contributed by atoms with Crippen LogP contribution in [-0.2, 0) is 13.2 Å². The van der Waals surface area contributed by atoms with E-state index in [9.17, 15) is 22.4 Å². The number of nitrogens with zero attached hydrogens (tertiary/aromatic N) is 2. The van der Waals surface area contributed by atoms with Crippen LogP contribution in [0.3, 0.4) is 0 Å². The van der Waals surface area contributed by atoms with Gasteiger partial charge in [0.1, 0.15) is 12.4 Å². The first-order chi connectivity index (χ1) is 16.7. The smallest absolute Gasteiger partial charge is 0.291 e. The number of nitrogens with one attached hydrogen (secondary N) is 1. The highest BCUT2D eigenvalue weighted by Gasteiger charge is 2.22. The lowest BCUT2D eigenvalue weighted by Crippen LogP contribution is -2.12. The summed E-state index contributed by atoms with van der Waals surface area (Å²) in [6.45, 7) is 5.58. The van der Waals surface area contributed by atoms with Gasteiger partial charge in [-0.2, -0.15) is 13.9 Å². The van der Waals surface area contributed by atoms with E-state index in [0.717, 1.165) is 16.8 Å². The summed E-state index contributed by atoms with van der Waals surface area (Å²) >= 11 is 0. The number of amides is 1. The number of aromatic nitrogens is 2. The summed E-state index contributed by atoms with van der Waals surface area (Å²) in [6, 6.07) is 10.7. The molecular formula is C25H21F4N3O3. The lowest BCUT2D eigenvalue weighted by Gasteiger charge is -2.09. The average Bonchev–Trinajstić information content (AvgIpc) is 3.40. The van der Waals surface area contributed by atoms with Gasteiger partial charge in [-0.15, -0.1) is 0 Å². The molecule has 0 fully saturated rings. The predicted molar refractivity (Wildman–Crippen MR) is 119 cm³/mol. The second-order valence-electron chi connectivity index (χ2n) is 7.94. The number of aryl methyl sites for hydroxylation is 2. The van der Waals surface area contributed by atoms with E-state index < -0.39 is 41.5 Å². The van der Waals surface area contributed by atoms with Gasteiger partial charge in [0.15, 0.2) is 23.1 Å². The fourth-order valence-corrected chi connectivity index (χ4v) is 3.55. The van der Waals surface area contributed by atoms with Gasteiger partial charge in [-0.3, -0.25) is 9.48 Å². The van der Waals surface area contributed by atoms with Crippen molar-refractivity contribution in [1.82, 2.24) is 9.78 Å². The Morgan fingerprint density at radius 1 is 1.03 bits per heavy atom. The molecule has 0 bridgehead atoms. The maximum atomic E-state index is 13.7. The first-order valence-corrected chi connectivity index (χ1v) is 10.6. The van der Waals surface area contributed by atoms with E-state index in [1.54, 1.807) is 11.6 Å². The number of hydrogen-bond acceptors (Lipinski definition) is 4. The van der Waals surface area contributed by atoms with E-state index in [1.807, 2.05) is 38.1 Å². The number of halogens is 4. The highest BCUT2D eigenvalue weighted by molar-refractivity contribution is 6.02. The molecule has 0 aliphatic carbocycles. The van der Waals surface area contributed by atoms with Crippen LogP contribution >= 0.6 is 0 Å². The first-order valence-electron chi connectivity index (χ1n) is 10.6. The molecule has 35 heavy (non-hydrogen) atoms. The Balaban J connectivity index is 1.45. The topological polar surface area (TPSA) is 69.3 Å². The Labute approximate surface area is 198 Å². The molecule has 182 valence electrons. The normalized spacial score (nSPS) is 11.1. The van der Waals surface area contributed by atoms with Gasteiger partial charge in [0.25, 0.3) is 5.91 Å². The van der Waals surface area contributed by atoms with Crippen LogP contribution in [0.4, 0.5) is 23.2 Å². The van der Waals surface area contributed by atoms with Crippen LogP contribution in [0.5, 0.6) is 5.75 Å². The summed E-state index contributed by atoms with van der Waals surface area (Å²) in [6.07, 6.45) is 0. The van der Waals surface area contributed by atoms with Crippen LogP contribution in [0.2, 0.25) is 0 Å². The van der Waals surface area contributed by atoms with Crippen LogP contribution in [0.1, 0.15) is 38.8 Å². The minimum absolute atomic E-state index is 0.0160. The van der Waals surface area contributed by atoms with Crippen molar-refractivity contribution in [3.63, 3.8) is 0 Å². The van der Waals surface area contributed by atoms with Crippen molar-refractivity contribution >= 4 is 11.6 Å². The van der Waals surface area contributed by atoms with Gasteiger partial charge in [-0.25, -0.2) is 8.78 Å². The van der Waals surface area contributed by atoms with Gasteiger partial charge >= 0.3 is 0 Å². The van der Waals surface area contributed by atoms with Crippen molar-refractivity contribution < 1.29 is 31.5 Å². The highest BCUT2D eigenvalue weighted by atomic mass is 19.2. The molecular weight excluding hydrogens is 466 g/mol. The summed E-state index contributed by atoms with van der Waals surface area (Å²) in [5, 5.41) is 7.27. The molecule has 10 heteroatoms. The summed E-state index contributed by atoms with van der Waals surface area (Å²) in [5.74, 6) is -8.38. The fourth-order valence-electron chi connectivity index (χ4n) is 3.55. The quantitative estimate of drug-likeness (QED) is 0.263. The third-order valence-corrected chi connectivity index (χ3v) is 5.52. The number of benzene rings is 2. The number of furan rings is 1. The summed E-state index contributed by atoms with van der Waals surface area (Å²) in [4.78, 5) is 12.7. The average molecular weight is 487 g/mol. The van der Waals surface area contributed by atoms with E-state index in [1.165, 1.54) is 12.1 Å². The van der Waals surface area contributed by atoms with Crippen LogP contribution in [0, 0.1) is 44.0 Å². The minimum Gasteiger partial charge on any atom is -0.479 e. The standard InChI is InChI=1S/C25H21F4N3O3/c1-13-6-4-5-7-16(13)11-32-15(3)23(14(2)31-32)30-25(33)20-9-8-17(35-20)12-34-24-21(28)18(26)10-19(27)22(24)29/h4-10H,11-12H2,1-3H3,(H,30,33). The van der Waals surface area contributed by atoms with Crippen LogP contribution in [0.15, 0.2) is 46.9 Å². The second kappa shape index (κ2) is 9.65. The van der Waals surface area contributed by atoms with Gasteiger partial charge in [0, 0.05) is 6.07 Å². The fraction of sp³-hybridized carbons (Fsp3) is 0.200. The van der Waals surface area contributed by atoms with Crippen molar-refractivity contribution in [1.29, 1.82) is 0 Å². The maximum absolute atomic E-state index is 13.7. The van der Waals surface area contributed by atoms with E-state index in [2.05, 4.69) is 10.4 Å². The molecule has 4 aromatic rings. The largest absolute Gasteiger partial charge is 0.479 e. The number of hydrogen-bond donors (Lipinski definition) is 1. The number of anilines is 1. The predicted octanol–water partition coefficient (Wildman–Crippen LogP) is 5.84. The molecule has 0 radical (unpaired) electrons. The molecule has 0 spiro atoms. The molecule has 2 heterocycles. The number of rotatable bonds is 7. The lowest BCUT2D eigenvalue weighted by molar-refractivity contribution is 0.0992. The molecule has 0 saturated heterocycles. The van der Waals surface area contributed by atoms with E-state index >= 15 is 0 Å². The Hall–Kier alpha value is -4.08. The van der Waals surface area contributed by atoms with Crippen molar-refractivity contribution in [2.75, 3.05) is 5.32 Å². The lowest BCUT2D eigenvalue weighted by atomic mass is 10.1. The molecule has 1 amide bonds. The molecule has 6 nitrogen and oxygen atoms in total. The molecule has 2 aromatic carbocycles. The summed E-state index contributed by atoms with van der Waals surface area (Å²) < 4.78 is 66.2. The SMILES string of the molecule is Cc1ccccc1Cn1nc(C)c(NC(=O)c2ccc(COc3c(F)c(F)cc(F)c3F)o2)c1C. The van der Waals surface area contributed by atoms with Gasteiger partial charge in [0.2, 0.25) is 11.6 Å². The van der Waals surface area contributed by atoms with Gasteiger partial charge in [-0.1, -0.05) is 24.3 Å². The molecule has 4 rings (SSSR count). The third-order valence-electron chi connectivity index (χ3n) is 5.52. The molecule has 0 aliphatic rings. The molecule has 2 aromatic heterocycles. The second-order valence-corrected chi connectivity index (χ2v) is 7.94. The Bertz CT molecular complexity index is 1390. The van der Waals surface area contributed by atoms with Crippen LogP contribution in [-0.4, -0.2) is 15.7 Å². The van der Waals surface area contributed by atoms with Gasteiger partial charge in [-0.05, 0) is 44.0 Å². The number of carbonyl (C=O) groups excluding carboxylic acids is 1. The highest BCUT2D eigenvalue weighted by Crippen LogP contribution is 2.28. The van der Waals surface area contributed by atoms with Crippen LogP contribution < -0.4 is 10.1 Å². The summed E-state index contributed by atoms with van der Waals surface area (Å²) in [7, 11) is 0. The molecule has 0 aliphatic heterocycles.